The standard InChI is InChI=1S/C19H29NO/c1-3-12-20-18(14-19(21-2)10-5-11-19)17-9-8-15-6-4-7-16(15)13-17/h8-9,13,18,20H,3-7,10-12,14H2,1-2H3. The molecule has 1 aromatic carbocycles. The Morgan fingerprint density at radius 1 is 1.19 bits per heavy atom. The molecule has 21 heavy (non-hydrogen) atoms. The van der Waals surface area contributed by atoms with Crippen molar-refractivity contribution in [3.05, 3.63) is 34.9 Å². The van der Waals surface area contributed by atoms with Crippen molar-refractivity contribution in [3.8, 4) is 0 Å². The van der Waals surface area contributed by atoms with E-state index in [1.54, 1.807) is 11.1 Å². The van der Waals surface area contributed by atoms with Gasteiger partial charge in [0, 0.05) is 13.2 Å². The van der Waals surface area contributed by atoms with E-state index in [4.69, 9.17) is 4.74 Å². The van der Waals surface area contributed by atoms with Crippen LogP contribution in [0, 0.1) is 0 Å². The number of aryl methyl sites for hydroxylation is 2. The van der Waals surface area contributed by atoms with E-state index in [1.165, 1.54) is 50.5 Å². The summed E-state index contributed by atoms with van der Waals surface area (Å²) in [6.45, 7) is 3.32. The van der Waals surface area contributed by atoms with Crippen LogP contribution in [-0.4, -0.2) is 19.3 Å². The van der Waals surface area contributed by atoms with E-state index in [1.807, 2.05) is 7.11 Å². The van der Waals surface area contributed by atoms with Crippen molar-refractivity contribution in [2.75, 3.05) is 13.7 Å². The second-order valence-corrected chi connectivity index (χ2v) is 6.83. The summed E-state index contributed by atoms with van der Waals surface area (Å²) in [5.74, 6) is 0. The predicted molar refractivity (Wildman–Crippen MR) is 87.7 cm³/mol. The van der Waals surface area contributed by atoms with E-state index >= 15 is 0 Å². The third kappa shape index (κ3) is 3.17. The Morgan fingerprint density at radius 2 is 2.00 bits per heavy atom. The van der Waals surface area contributed by atoms with Gasteiger partial charge < -0.3 is 10.1 Å². The van der Waals surface area contributed by atoms with Gasteiger partial charge in [-0.1, -0.05) is 25.1 Å². The molecule has 1 N–H and O–H groups in total. The summed E-state index contributed by atoms with van der Waals surface area (Å²) in [6, 6.07) is 7.60. The van der Waals surface area contributed by atoms with Crippen LogP contribution in [-0.2, 0) is 17.6 Å². The molecule has 0 bridgehead atoms. The monoisotopic (exact) mass is 287 g/mol. The van der Waals surface area contributed by atoms with Gasteiger partial charge in [-0.2, -0.15) is 0 Å². The molecule has 2 aliphatic carbocycles. The lowest BCUT2D eigenvalue weighted by Crippen LogP contribution is -2.43. The maximum Gasteiger partial charge on any atom is 0.0697 e. The van der Waals surface area contributed by atoms with Crippen molar-refractivity contribution in [1.29, 1.82) is 0 Å². The molecule has 1 aromatic rings. The zero-order valence-corrected chi connectivity index (χ0v) is 13.6. The van der Waals surface area contributed by atoms with Crippen LogP contribution >= 0.6 is 0 Å². The van der Waals surface area contributed by atoms with E-state index in [2.05, 4.69) is 30.4 Å². The summed E-state index contributed by atoms with van der Waals surface area (Å²) in [5.41, 5.74) is 4.74. The molecule has 1 atom stereocenters. The molecule has 3 rings (SSSR count). The molecule has 1 saturated carbocycles. The molecule has 0 spiro atoms. The van der Waals surface area contributed by atoms with Gasteiger partial charge in [-0.25, -0.2) is 0 Å². The van der Waals surface area contributed by atoms with Crippen molar-refractivity contribution < 1.29 is 4.74 Å². The lowest BCUT2D eigenvalue weighted by Gasteiger charge is -2.43. The predicted octanol–water partition coefficient (Wildman–Crippen LogP) is 4.18. The number of fused-ring (bicyclic) bond motifs is 1. The smallest absolute Gasteiger partial charge is 0.0697 e. The Bertz CT molecular complexity index is 473. The highest BCUT2D eigenvalue weighted by molar-refractivity contribution is 5.36. The number of ether oxygens (including phenoxy) is 1. The van der Waals surface area contributed by atoms with Crippen molar-refractivity contribution >= 4 is 0 Å². The second-order valence-electron chi connectivity index (χ2n) is 6.83. The van der Waals surface area contributed by atoms with Crippen LogP contribution in [0.15, 0.2) is 18.2 Å². The van der Waals surface area contributed by atoms with E-state index in [-0.39, 0.29) is 5.60 Å². The molecule has 0 radical (unpaired) electrons. The van der Waals surface area contributed by atoms with Crippen LogP contribution in [0.25, 0.3) is 0 Å². The van der Waals surface area contributed by atoms with Crippen molar-refractivity contribution in [2.24, 2.45) is 0 Å². The van der Waals surface area contributed by atoms with Crippen molar-refractivity contribution in [3.63, 3.8) is 0 Å². The van der Waals surface area contributed by atoms with Gasteiger partial charge in [-0.3, -0.25) is 0 Å². The maximum atomic E-state index is 5.86. The fraction of sp³-hybridized carbons (Fsp3) is 0.684. The minimum absolute atomic E-state index is 0.129. The van der Waals surface area contributed by atoms with Gasteiger partial charge in [0.2, 0.25) is 0 Å². The first-order valence-electron chi connectivity index (χ1n) is 8.66. The normalized spacial score (nSPS) is 20.9. The summed E-state index contributed by atoms with van der Waals surface area (Å²) in [4.78, 5) is 0. The Hall–Kier alpha value is -0.860. The van der Waals surface area contributed by atoms with Gasteiger partial charge >= 0.3 is 0 Å². The fourth-order valence-electron chi connectivity index (χ4n) is 3.87. The number of hydrogen-bond donors (Lipinski definition) is 1. The molecule has 1 fully saturated rings. The highest BCUT2D eigenvalue weighted by Crippen LogP contribution is 2.42. The Kier molecular flexibility index (Phi) is 4.66. The molecule has 1 unspecified atom stereocenters. The van der Waals surface area contributed by atoms with E-state index in [0.717, 1.165) is 13.0 Å². The highest BCUT2D eigenvalue weighted by atomic mass is 16.5. The summed E-state index contributed by atoms with van der Waals surface area (Å²) < 4.78 is 5.86. The van der Waals surface area contributed by atoms with Gasteiger partial charge in [0.15, 0.2) is 0 Å². The average molecular weight is 287 g/mol. The summed E-state index contributed by atoms with van der Waals surface area (Å²) in [5, 5.41) is 3.76. The molecule has 2 nitrogen and oxygen atoms in total. The first-order chi connectivity index (χ1) is 10.3. The van der Waals surface area contributed by atoms with Crippen LogP contribution in [0.5, 0.6) is 0 Å². The van der Waals surface area contributed by atoms with Gasteiger partial charge in [0.1, 0.15) is 0 Å². The van der Waals surface area contributed by atoms with E-state index in [9.17, 15) is 0 Å². The number of benzene rings is 1. The molecular weight excluding hydrogens is 258 g/mol. The minimum atomic E-state index is 0.129. The Balaban J connectivity index is 1.78. The van der Waals surface area contributed by atoms with E-state index < -0.39 is 0 Å². The number of hydrogen-bond acceptors (Lipinski definition) is 2. The molecule has 0 aromatic heterocycles. The van der Waals surface area contributed by atoms with E-state index in [0.29, 0.717) is 6.04 Å². The summed E-state index contributed by atoms with van der Waals surface area (Å²) in [6.07, 6.45) is 9.91. The molecule has 2 aliphatic rings. The molecular formula is C19H29NO. The van der Waals surface area contributed by atoms with Gasteiger partial charge in [0.05, 0.1) is 5.60 Å². The molecule has 116 valence electrons. The average Bonchev–Trinajstić information content (AvgIpc) is 2.93. The Labute approximate surface area is 129 Å². The van der Waals surface area contributed by atoms with Crippen LogP contribution in [0.2, 0.25) is 0 Å². The van der Waals surface area contributed by atoms with Crippen molar-refractivity contribution in [1.82, 2.24) is 5.32 Å². The third-order valence-electron chi connectivity index (χ3n) is 5.44. The zero-order valence-electron chi connectivity index (χ0n) is 13.6. The van der Waals surface area contributed by atoms with Crippen LogP contribution in [0.4, 0.5) is 0 Å². The van der Waals surface area contributed by atoms with Crippen LogP contribution in [0.1, 0.15) is 68.2 Å². The minimum Gasteiger partial charge on any atom is -0.378 e. The Morgan fingerprint density at radius 3 is 2.67 bits per heavy atom. The SMILES string of the molecule is CCCNC(CC1(OC)CCC1)c1ccc2c(c1)CCC2. The first kappa shape index (κ1) is 15.1. The fourth-order valence-corrected chi connectivity index (χ4v) is 3.87. The van der Waals surface area contributed by atoms with Gasteiger partial charge in [-0.15, -0.1) is 0 Å². The molecule has 0 heterocycles. The molecule has 0 aliphatic heterocycles. The number of methoxy groups -OCH3 is 1. The summed E-state index contributed by atoms with van der Waals surface area (Å²) >= 11 is 0. The molecule has 0 saturated heterocycles. The lowest BCUT2D eigenvalue weighted by molar-refractivity contribution is -0.0838. The largest absolute Gasteiger partial charge is 0.378 e. The van der Waals surface area contributed by atoms with Gasteiger partial charge in [0.25, 0.3) is 0 Å². The maximum absolute atomic E-state index is 5.86. The van der Waals surface area contributed by atoms with Crippen LogP contribution < -0.4 is 5.32 Å². The number of rotatable bonds is 7. The zero-order chi connectivity index (χ0) is 14.7. The second kappa shape index (κ2) is 6.50. The molecule has 0 amide bonds. The van der Waals surface area contributed by atoms with Crippen molar-refractivity contribution in [2.45, 2.75) is 69.9 Å². The third-order valence-corrected chi connectivity index (χ3v) is 5.44. The number of nitrogens with one attached hydrogen (secondary N) is 1. The van der Waals surface area contributed by atoms with Gasteiger partial charge in [-0.05, 0) is 74.6 Å². The topological polar surface area (TPSA) is 21.3 Å². The molecule has 2 heteroatoms. The first-order valence-corrected chi connectivity index (χ1v) is 8.66. The quantitative estimate of drug-likeness (QED) is 0.812. The summed E-state index contributed by atoms with van der Waals surface area (Å²) in [7, 11) is 1.89. The van der Waals surface area contributed by atoms with Crippen LogP contribution in [0.3, 0.4) is 0 Å². The lowest BCUT2D eigenvalue weighted by atomic mass is 9.74. The highest BCUT2D eigenvalue weighted by Gasteiger charge is 2.39.